The van der Waals surface area contributed by atoms with Crippen molar-refractivity contribution < 1.29 is 9.53 Å². The Labute approximate surface area is 157 Å². The van der Waals surface area contributed by atoms with Crippen LogP contribution in [-0.4, -0.2) is 5.97 Å². The average molecular weight is 395 g/mol. The standard InChI is InChI=1S/C18H12Cl2O2S2/c19-13-6-5-12(16(20)9-13)11-22-18(21)15(17-4-2-8-24-17)10-14-3-1-7-23-14/h1-10H,11H2. The summed E-state index contributed by atoms with van der Waals surface area (Å²) in [5.41, 5.74) is 1.26. The number of carbonyl (C=O) groups excluding carboxylic acids is 1. The number of thiophene rings is 2. The topological polar surface area (TPSA) is 26.3 Å². The van der Waals surface area contributed by atoms with Crippen molar-refractivity contribution in [3.05, 3.63) is 78.6 Å². The van der Waals surface area contributed by atoms with Crippen LogP contribution in [0.15, 0.2) is 53.2 Å². The molecule has 1 aromatic carbocycles. The fourth-order valence-corrected chi connectivity index (χ4v) is 3.89. The molecule has 0 unspecified atom stereocenters. The van der Waals surface area contributed by atoms with Gasteiger partial charge in [0.05, 0.1) is 5.57 Å². The van der Waals surface area contributed by atoms with Gasteiger partial charge in [0, 0.05) is 25.4 Å². The number of benzene rings is 1. The number of ether oxygens (including phenoxy) is 1. The van der Waals surface area contributed by atoms with E-state index in [1.165, 1.54) is 11.3 Å². The predicted molar refractivity (Wildman–Crippen MR) is 103 cm³/mol. The third-order valence-electron chi connectivity index (χ3n) is 3.21. The molecule has 0 atom stereocenters. The molecule has 0 aliphatic heterocycles. The molecule has 24 heavy (non-hydrogen) atoms. The zero-order valence-electron chi connectivity index (χ0n) is 12.4. The van der Waals surface area contributed by atoms with Gasteiger partial charge in [-0.3, -0.25) is 0 Å². The quantitative estimate of drug-likeness (QED) is 0.369. The van der Waals surface area contributed by atoms with Crippen molar-refractivity contribution in [1.29, 1.82) is 0 Å². The van der Waals surface area contributed by atoms with Gasteiger partial charge in [0.25, 0.3) is 0 Å². The van der Waals surface area contributed by atoms with Gasteiger partial charge < -0.3 is 4.74 Å². The lowest BCUT2D eigenvalue weighted by molar-refractivity contribution is -0.137. The molecule has 3 rings (SSSR count). The van der Waals surface area contributed by atoms with E-state index in [1.807, 2.05) is 41.1 Å². The highest BCUT2D eigenvalue weighted by molar-refractivity contribution is 7.12. The highest BCUT2D eigenvalue weighted by Crippen LogP contribution is 2.27. The molecule has 0 aliphatic rings. The smallest absolute Gasteiger partial charge is 0.339 e. The van der Waals surface area contributed by atoms with E-state index in [1.54, 1.807) is 29.5 Å². The van der Waals surface area contributed by atoms with E-state index >= 15 is 0 Å². The van der Waals surface area contributed by atoms with Crippen molar-refractivity contribution in [3.8, 4) is 0 Å². The first kappa shape index (κ1) is 17.2. The Bertz CT molecular complexity index is 853. The van der Waals surface area contributed by atoms with Crippen molar-refractivity contribution in [2.24, 2.45) is 0 Å². The van der Waals surface area contributed by atoms with Gasteiger partial charge in [-0.25, -0.2) is 4.79 Å². The summed E-state index contributed by atoms with van der Waals surface area (Å²) in [5.74, 6) is -0.378. The fraction of sp³-hybridized carbons (Fsp3) is 0.0556. The maximum absolute atomic E-state index is 12.6. The molecule has 6 heteroatoms. The van der Waals surface area contributed by atoms with Gasteiger partial charge in [0.1, 0.15) is 6.61 Å². The van der Waals surface area contributed by atoms with Crippen LogP contribution in [-0.2, 0) is 16.1 Å². The minimum absolute atomic E-state index is 0.0992. The van der Waals surface area contributed by atoms with Gasteiger partial charge in [-0.15, -0.1) is 22.7 Å². The maximum atomic E-state index is 12.6. The molecule has 0 spiro atoms. The van der Waals surface area contributed by atoms with Crippen LogP contribution < -0.4 is 0 Å². The molecule has 0 aliphatic carbocycles. The van der Waals surface area contributed by atoms with Crippen LogP contribution >= 0.6 is 45.9 Å². The van der Waals surface area contributed by atoms with Crippen molar-refractivity contribution in [2.75, 3.05) is 0 Å². The minimum atomic E-state index is -0.378. The van der Waals surface area contributed by atoms with Crippen molar-refractivity contribution in [2.45, 2.75) is 6.61 Å². The van der Waals surface area contributed by atoms with Crippen molar-refractivity contribution in [1.82, 2.24) is 0 Å². The van der Waals surface area contributed by atoms with E-state index in [0.29, 0.717) is 15.6 Å². The lowest BCUT2D eigenvalue weighted by Gasteiger charge is -2.09. The molecule has 2 aromatic heterocycles. The molecule has 0 saturated carbocycles. The molecular weight excluding hydrogens is 383 g/mol. The third kappa shape index (κ3) is 4.28. The number of halogens is 2. The number of hydrogen-bond donors (Lipinski definition) is 0. The van der Waals surface area contributed by atoms with Crippen LogP contribution in [0, 0.1) is 0 Å². The number of carbonyl (C=O) groups is 1. The predicted octanol–water partition coefficient (Wildman–Crippen LogP) is 6.40. The third-order valence-corrected chi connectivity index (χ3v) is 5.52. The first-order valence-electron chi connectivity index (χ1n) is 7.03. The second-order valence-electron chi connectivity index (χ2n) is 4.86. The molecule has 2 heterocycles. The van der Waals surface area contributed by atoms with Crippen LogP contribution in [0.4, 0.5) is 0 Å². The second kappa shape index (κ2) is 7.99. The van der Waals surface area contributed by atoms with E-state index in [2.05, 4.69) is 0 Å². The summed E-state index contributed by atoms with van der Waals surface area (Å²) in [5, 5.41) is 4.93. The molecule has 122 valence electrons. The molecule has 0 fully saturated rings. The highest BCUT2D eigenvalue weighted by Gasteiger charge is 2.16. The van der Waals surface area contributed by atoms with Crippen LogP contribution in [0.3, 0.4) is 0 Å². The fourth-order valence-electron chi connectivity index (χ4n) is 2.04. The van der Waals surface area contributed by atoms with E-state index in [9.17, 15) is 4.79 Å². The van der Waals surface area contributed by atoms with E-state index < -0.39 is 0 Å². The Hall–Kier alpha value is -1.59. The van der Waals surface area contributed by atoms with Crippen molar-refractivity contribution in [3.63, 3.8) is 0 Å². The number of esters is 1. The normalized spacial score (nSPS) is 11.5. The Morgan fingerprint density at radius 1 is 1.08 bits per heavy atom. The van der Waals surface area contributed by atoms with Gasteiger partial charge in [-0.1, -0.05) is 41.4 Å². The summed E-state index contributed by atoms with van der Waals surface area (Å²) in [6.07, 6.45) is 1.85. The van der Waals surface area contributed by atoms with Gasteiger partial charge in [0.2, 0.25) is 0 Å². The number of rotatable bonds is 5. The first-order valence-corrected chi connectivity index (χ1v) is 9.55. The summed E-state index contributed by atoms with van der Waals surface area (Å²) in [6, 6.07) is 12.8. The average Bonchev–Trinajstić information content (AvgIpc) is 3.25. The molecule has 0 radical (unpaired) electrons. The molecule has 3 aromatic rings. The highest BCUT2D eigenvalue weighted by atomic mass is 35.5. The summed E-state index contributed by atoms with van der Waals surface area (Å²) in [4.78, 5) is 14.4. The molecular formula is C18H12Cl2O2S2. The van der Waals surface area contributed by atoms with Gasteiger partial charge >= 0.3 is 5.97 Å². The summed E-state index contributed by atoms with van der Waals surface area (Å²) < 4.78 is 5.46. The van der Waals surface area contributed by atoms with Crippen LogP contribution in [0.25, 0.3) is 11.6 Å². The summed E-state index contributed by atoms with van der Waals surface area (Å²) >= 11 is 15.1. The lowest BCUT2D eigenvalue weighted by Crippen LogP contribution is -2.06. The SMILES string of the molecule is O=C(OCc1ccc(Cl)cc1Cl)C(=Cc1cccs1)c1cccs1. The monoisotopic (exact) mass is 394 g/mol. The Morgan fingerprint density at radius 2 is 1.88 bits per heavy atom. The Balaban J connectivity index is 1.79. The van der Waals surface area contributed by atoms with Crippen LogP contribution in [0.2, 0.25) is 10.0 Å². The van der Waals surface area contributed by atoms with Crippen LogP contribution in [0.5, 0.6) is 0 Å². The van der Waals surface area contributed by atoms with Gasteiger partial charge in [-0.2, -0.15) is 0 Å². The number of hydrogen-bond acceptors (Lipinski definition) is 4. The van der Waals surface area contributed by atoms with Gasteiger partial charge in [0.15, 0.2) is 0 Å². The summed E-state index contributed by atoms with van der Waals surface area (Å²) in [6.45, 7) is 0.0992. The molecule has 2 nitrogen and oxygen atoms in total. The van der Waals surface area contributed by atoms with E-state index in [-0.39, 0.29) is 12.6 Å². The zero-order valence-corrected chi connectivity index (χ0v) is 15.5. The maximum Gasteiger partial charge on any atom is 0.339 e. The second-order valence-corrected chi connectivity index (χ2v) is 7.63. The van der Waals surface area contributed by atoms with Crippen LogP contribution in [0.1, 0.15) is 15.3 Å². The largest absolute Gasteiger partial charge is 0.457 e. The zero-order chi connectivity index (χ0) is 16.9. The van der Waals surface area contributed by atoms with Gasteiger partial charge in [-0.05, 0) is 41.1 Å². The molecule has 0 N–H and O–H groups in total. The minimum Gasteiger partial charge on any atom is -0.457 e. The molecule has 0 amide bonds. The van der Waals surface area contributed by atoms with E-state index in [0.717, 1.165) is 15.3 Å². The first-order chi connectivity index (χ1) is 11.6. The molecule has 0 saturated heterocycles. The Morgan fingerprint density at radius 3 is 2.54 bits per heavy atom. The summed E-state index contributed by atoms with van der Waals surface area (Å²) in [7, 11) is 0. The Kier molecular flexibility index (Phi) is 5.74. The lowest BCUT2D eigenvalue weighted by atomic mass is 10.2. The van der Waals surface area contributed by atoms with E-state index in [4.69, 9.17) is 27.9 Å². The molecule has 0 bridgehead atoms. The van der Waals surface area contributed by atoms with Crippen molar-refractivity contribution >= 4 is 63.5 Å².